The number of hydrogen-bond acceptors (Lipinski definition) is 5. The molecule has 10 heteroatoms. The van der Waals surface area contributed by atoms with Gasteiger partial charge in [0.25, 0.3) is 5.91 Å². The van der Waals surface area contributed by atoms with Gasteiger partial charge in [-0.25, -0.2) is 13.1 Å². The SMILES string of the molecule is O=C(Nc1c2c(nn1-c1ccccc1)CSC2)c1ccccc1S(=O)(=O)C(F)F. The molecule has 1 aromatic heterocycles. The lowest BCUT2D eigenvalue weighted by Crippen LogP contribution is -2.21. The summed E-state index contributed by atoms with van der Waals surface area (Å²) < 4.78 is 51.6. The quantitative estimate of drug-likeness (QED) is 0.658. The number of aromatic nitrogens is 2. The lowest BCUT2D eigenvalue weighted by Gasteiger charge is -2.13. The number of anilines is 1. The van der Waals surface area contributed by atoms with Crippen LogP contribution in [0, 0.1) is 0 Å². The summed E-state index contributed by atoms with van der Waals surface area (Å²) in [6.07, 6.45) is 0. The number of para-hydroxylation sites is 1. The predicted molar refractivity (Wildman–Crippen MR) is 106 cm³/mol. The summed E-state index contributed by atoms with van der Waals surface area (Å²) in [5.74, 6) is -2.68. The van der Waals surface area contributed by atoms with Crippen molar-refractivity contribution in [1.29, 1.82) is 0 Å². The smallest absolute Gasteiger partial charge is 0.306 e. The molecule has 2 aromatic carbocycles. The van der Waals surface area contributed by atoms with Crippen LogP contribution in [0.4, 0.5) is 14.6 Å². The second kappa shape index (κ2) is 7.60. The molecule has 0 saturated carbocycles. The van der Waals surface area contributed by atoms with Gasteiger partial charge in [0, 0.05) is 17.1 Å². The summed E-state index contributed by atoms with van der Waals surface area (Å²) in [6.45, 7) is 0. The van der Waals surface area contributed by atoms with E-state index in [4.69, 9.17) is 0 Å². The maximum atomic E-state index is 13.0. The minimum atomic E-state index is -4.93. The van der Waals surface area contributed by atoms with Crippen LogP contribution >= 0.6 is 11.8 Å². The van der Waals surface area contributed by atoms with Crippen molar-refractivity contribution in [2.24, 2.45) is 0 Å². The third-order valence-corrected chi connectivity index (χ3v) is 6.87. The van der Waals surface area contributed by atoms with Crippen LogP contribution in [0.25, 0.3) is 5.69 Å². The summed E-state index contributed by atoms with van der Waals surface area (Å²) >= 11 is 1.64. The van der Waals surface area contributed by atoms with Crippen LogP contribution in [0.2, 0.25) is 0 Å². The van der Waals surface area contributed by atoms with Crippen LogP contribution in [0.15, 0.2) is 59.5 Å². The Hall–Kier alpha value is -2.72. The van der Waals surface area contributed by atoms with Gasteiger partial charge in [0.1, 0.15) is 5.82 Å². The first kappa shape index (κ1) is 19.6. The van der Waals surface area contributed by atoms with Crippen molar-refractivity contribution in [2.45, 2.75) is 22.2 Å². The molecule has 0 saturated heterocycles. The predicted octanol–water partition coefficient (Wildman–Crippen LogP) is 3.87. The molecule has 4 rings (SSSR count). The number of fused-ring (bicyclic) bond motifs is 1. The molecule has 0 atom stereocenters. The van der Waals surface area contributed by atoms with Gasteiger partial charge in [-0.1, -0.05) is 30.3 Å². The van der Waals surface area contributed by atoms with Crippen molar-refractivity contribution in [3.05, 3.63) is 71.4 Å². The Balaban J connectivity index is 1.76. The van der Waals surface area contributed by atoms with Gasteiger partial charge in [-0.2, -0.15) is 25.6 Å². The van der Waals surface area contributed by atoms with Crippen molar-refractivity contribution in [3.63, 3.8) is 0 Å². The van der Waals surface area contributed by atoms with E-state index in [9.17, 15) is 22.0 Å². The van der Waals surface area contributed by atoms with Gasteiger partial charge in [-0.3, -0.25) is 4.79 Å². The van der Waals surface area contributed by atoms with Crippen molar-refractivity contribution in [3.8, 4) is 5.69 Å². The van der Waals surface area contributed by atoms with E-state index in [1.807, 2.05) is 30.3 Å². The fourth-order valence-corrected chi connectivity index (χ4v) is 5.03. The van der Waals surface area contributed by atoms with Crippen molar-refractivity contribution < 1.29 is 22.0 Å². The molecule has 6 nitrogen and oxygen atoms in total. The maximum Gasteiger partial charge on any atom is 0.341 e. The molecule has 1 N–H and O–H groups in total. The number of hydrogen-bond donors (Lipinski definition) is 1. The average molecular weight is 435 g/mol. The van der Waals surface area contributed by atoms with E-state index in [1.54, 1.807) is 16.4 Å². The van der Waals surface area contributed by atoms with Gasteiger partial charge in [-0.15, -0.1) is 0 Å². The Morgan fingerprint density at radius 1 is 1.07 bits per heavy atom. The van der Waals surface area contributed by atoms with Crippen molar-refractivity contribution >= 4 is 33.3 Å². The Morgan fingerprint density at radius 2 is 1.76 bits per heavy atom. The monoisotopic (exact) mass is 435 g/mol. The summed E-state index contributed by atoms with van der Waals surface area (Å²) in [5, 5.41) is 7.25. The number of amides is 1. The van der Waals surface area contributed by atoms with Gasteiger partial charge < -0.3 is 5.32 Å². The minimum absolute atomic E-state index is 0.340. The third kappa shape index (κ3) is 3.53. The Kier molecular flexibility index (Phi) is 5.13. The van der Waals surface area contributed by atoms with E-state index in [2.05, 4.69) is 10.4 Å². The van der Waals surface area contributed by atoms with E-state index in [-0.39, 0.29) is 5.56 Å². The standard InChI is InChI=1S/C19H15F2N3O3S2/c20-19(21)29(26,27)16-9-5-4-8-13(16)18(25)22-17-14-10-28-11-15(14)23-24(17)12-6-2-1-3-7-12/h1-9,19H,10-11H2,(H,22,25). The molecule has 0 bridgehead atoms. The van der Waals surface area contributed by atoms with E-state index < -0.39 is 26.4 Å². The second-order valence-corrected chi connectivity index (χ2v) is 9.14. The Labute approximate surface area is 169 Å². The molecule has 150 valence electrons. The Morgan fingerprint density at radius 3 is 2.48 bits per heavy atom. The number of carbonyl (C=O) groups is 1. The lowest BCUT2D eigenvalue weighted by atomic mass is 10.2. The highest BCUT2D eigenvalue weighted by Gasteiger charge is 2.32. The van der Waals surface area contributed by atoms with Gasteiger partial charge in [0.2, 0.25) is 9.84 Å². The zero-order valence-electron chi connectivity index (χ0n) is 14.9. The molecular formula is C19H15F2N3O3S2. The van der Waals surface area contributed by atoms with Gasteiger partial charge >= 0.3 is 5.76 Å². The molecule has 1 amide bonds. The van der Waals surface area contributed by atoms with Crippen LogP contribution in [-0.2, 0) is 21.3 Å². The Bertz CT molecular complexity index is 1180. The average Bonchev–Trinajstić information content (AvgIpc) is 3.31. The van der Waals surface area contributed by atoms with Crippen LogP contribution in [0.5, 0.6) is 0 Å². The molecule has 0 spiro atoms. The molecule has 1 aliphatic heterocycles. The van der Waals surface area contributed by atoms with Gasteiger partial charge in [0.05, 0.1) is 21.8 Å². The highest BCUT2D eigenvalue weighted by Crippen LogP contribution is 2.36. The van der Waals surface area contributed by atoms with E-state index in [1.165, 1.54) is 18.2 Å². The molecule has 0 aliphatic carbocycles. The molecule has 29 heavy (non-hydrogen) atoms. The number of sulfone groups is 1. The van der Waals surface area contributed by atoms with Crippen LogP contribution in [0.3, 0.4) is 0 Å². The van der Waals surface area contributed by atoms with Crippen molar-refractivity contribution in [1.82, 2.24) is 9.78 Å². The number of thioether (sulfide) groups is 1. The fraction of sp³-hybridized carbons (Fsp3) is 0.158. The zero-order chi connectivity index (χ0) is 20.6. The highest BCUT2D eigenvalue weighted by atomic mass is 32.2. The molecule has 0 radical (unpaired) electrons. The van der Waals surface area contributed by atoms with Crippen LogP contribution in [-0.4, -0.2) is 29.9 Å². The molecule has 1 aliphatic rings. The minimum Gasteiger partial charge on any atom is -0.306 e. The highest BCUT2D eigenvalue weighted by molar-refractivity contribution is 7.98. The van der Waals surface area contributed by atoms with Gasteiger partial charge in [-0.05, 0) is 24.3 Å². The normalized spacial score (nSPS) is 13.5. The molecular weight excluding hydrogens is 420 g/mol. The fourth-order valence-electron chi connectivity index (χ4n) is 3.07. The number of benzene rings is 2. The maximum absolute atomic E-state index is 13.0. The van der Waals surface area contributed by atoms with Crippen LogP contribution < -0.4 is 5.32 Å². The number of nitrogens with one attached hydrogen (secondary N) is 1. The van der Waals surface area contributed by atoms with Crippen molar-refractivity contribution in [2.75, 3.05) is 5.32 Å². The second-order valence-electron chi connectivity index (χ2n) is 6.27. The zero-order valence-corrected chi connectivity index (χ0v) is 16.5. The van der Waals surface area contributed by atoms with E-state index in [0.717, 1.165) is 23.0 Å². The number of carbonyl (C=O) groups excluding carboxylic acids is 1. The number of alkyl halides is 2. The first-order valence-corrected chi connectivity index (χ1v) is 11.3. The first-order chi connectivity index (χ1) is 13.9. The first-order valence-electron chi connectivity index (χ1n) is 8.56. The summed E-state index contributed by atoms with van der Waals surface area (Å²) in [7, 11) is -4.93. The number of halogens is 2. The van der Waals surface area contributed by atoms with E-state index in [0.29, 0.717) is 17.3 Å². The lowest BCUT2D eigenvalue weighted by molar-refractivity contribution is 0.102. The number of rotatable bonds is 5. The number of nitrogens with zero attached hydrogens (tertiary/aromatic N) is 2. The van der Waals surface area contributed by atoms with Gasteiger partial charge in [0.15, 0.2) is 0 Å². The van der Waals surface area contributed by atoms with Crippen LogP contribution in [0.1, 0.15) is 21.6 Å². The van der Waals surface area contributed by atoms with E-state index >= 15 is 0 Å². The molecule has 3 aromatic rings. The molecule has 0 unspecified atom stereocenters. The third-order valence-electron chi connectivity index (χ3n) is 4.46. The summed E-state index contributed by atoms with van der Waals surface area (Å²) in [5.41, 5.74) is 2.03. The summed E-state index contributed by atoms with van der Waals surface area (Å²) in [4.78, 5) is 12.2. The molecule has 2 heterocycles. The summed E-state index contributed by atoms with van der Waals surface area (Å²) in [6, 6.07) is 14.1. The molecule has 0 fully saturated rings. The topological polar surface area (TPSA) is 81.1 Å². The largest absolute Gasteiger partial charge is 0.341 e.